The van der Waals surface area contributed by atoms with Gasteiger partial charge >= 0.3 is 0 Å². The lowest BCUT2D eigenvalue weighted by atomic mass is 10.1. The second-order valence-corrected chi connectivity index (χ2v) is 9.46. The second-order valence-electron chi connectivity index (χ2n) is 9.46. The lowest BCUT2D eigenvalue weighted by Crippen LogP contribution is -2.43. The number of morpholine rings is 1. The summed E-state index contributed by atoms with van der Waals surface area (Å²) < 4.78 is 8.18. The van der Waals surface area contributed by atoms with Crippen LogP contribution in [0.3, 0.4) is 0 Å². The van der Waals surface area contributed by atoms with E-state index in [0.29, 0.717) is 5.92 Å². The van der Waals surface area contributed by atoms with E-state index < -0.39 is 0 Å². The zero-order valence-corrected chi connectivity index (χ0v) is 19.4. The third-order valence-corrected chi connectivity index (χ3v) is 6.55. The van der Waals surface area contributed by atoms with Gasteiger partial charge in [0.25, 0.3) is 0 Å². The summed E-state index contributed by atoms with van der Waals surface area (Å²) >= 11 is 0. The highest BCUT2D eigenvalue weighted by Gasteiger charge is 2.24. The Bertz CT molecular complexity index is 786. The van der Waals surface area contributed by atoms with E-state index in [9.17, 15) is 0 Å². The molecule has 2 aromatic rings. The Morgan fingerprint density at radius 1 is 1.00 bits per heavy atom. The van der Waals surface area contributed by atoms with E-state index in [0.717, 1.165) is 57.3 Å². The molecule has 6 heteroatoms. The SMILES string of the molecule is CC(CN1CCCCC1)Cn1c(CCCc2ccccc2)nnc1N1CCOC(C)C1. The summed E-state index contributed by atoms with van der Waals surface area (Å²) in [6, 6.07) is 10.8. The molecule has 1 aromatic heterocycles. The molecule has 0 N–H and O–H groups in total. The average molecular weight is 426 g/mol. The predicted octanol–water partition coefficient (Wildman–Crippen LogP) is 3.80. The van der Waals surface area contributed by atoms with Crippen molar-refractivity contribution >= 4 is 5.95 Å². The Morgan fingerprint density at radius 3 is 2.58 bits per heavy atom. The molecule has 3 heterocycles. The molecule has 0 spiro atoms. The maximum absolute atomic E-state index is 5.77. The molecule has 0 amide bonds. The van der Waals surface area contributed by atoms with E-state index in [1.807, 2.05) is 0 Å². The first-order chi connectivity index (χ1) is 15.2. The summed E-state index contributed by atoms with van der Waals surface area (Å²) in [6.07, 6.45) is 7.48. The number of ether oxygens (including phenoxy) is 1. The fourth-order valence-electron chi connectivity index (χ4n) is 4.98. The van der Waals surface area contributed by atoms with Crippen LogP contribution in [0.1, 0.15) is 50.9 Å². The Kier molecular flexibility index (Phi) is 7.97. The number of piperidine rings is 1. The first-order valence-electron chi connectivity index (χ1n) is 12.2. The standard InChI is InChI=1S/C25H39N5O/c1-21(18-28-14-7-4-8-15-28)19-30-24(13-9-12-23-10-5-3-6-11-23)26-27-25(30)29-16-17-31-22(2)20-29/h3,5-6,10-11,21-22H,4,7-9,12-20H2,1-2H3. The van der Waals surface area contributed by atoms with Crippen LogP contribution in [0.5, 0.6) is 0 Å². The fraction of sp³-hybridized carbons (Fsp3) is 0.680. The van der Waals surface area contributed by atoms with Crippen LogP contribution >= 0.6 is 0 Å². The molecule has 6 nitrogen and oxygen atoms in total. The number of rotatable bonds is 9. The lowest BCUT2D eigenvalue weighted by Gasteiger charge is -2.33. The summed E-state index contributed by atoms with van der Waals surface area (Å²) in [5.41, 5.74) is 1.40. The minimum absolute atomic E-state index is 0.242. The quantitative estimate of drug-likeness (QED) is 0.612. The van der Waals surface area contributed by atoms with Crippen molar-refractivity contribution in [1.82, 2.24) is 19.7 Å². The third kappa shape index (κ3) is 6.30. The van der Waals surface area contributed by atoms with Crippen LogP contribution in [0.2, 0.25) is 0 Å². The number of hydrogen-bond acceptors (Lipinski definition) is 5. The van der Waals surface area contributed by atoms with Crippen molar-refractivity contribution in [2.45, 2.75) is 65.0 Å². The minimum atomic E-state index is 0.242. The van der Waals surface area contributed by atoms with Crippen molar-refractivity contribution < 1.29 is 4.74 Å². The van der Waals surface area contributed by atoms with Gasteiger partial charge in [-0.15, -0.1) is 10.2 Å². The van der Waals surface area contributed by atoms with Gasteiger partial charge in [-0.2, -0.15) is 0 Å². The molecule has 2 atom stereocenters. The molecule has 2 saturated heterocycles. The van der Waals surface area contributed by atoms with Gasteiger partial charge in [-0.05, 0) is 57.2 Å². The zero-order chi connectivity index (χ0) is 21.5. The van der Waals surface area contributed by atoms with E-state index in [1.54, 1.807) is 0 Å². The first-order valence-corrected chi connectivity index (χ1v) is 12.2. The van der Waals surface area contributed by atoms with Crippen LogP contribution in [0.4, 0.5) is 5.95 Å². The summed E-state index contributed by atoms with van der Waals surface area (Å²) in [5, 5.41) is 9.33. The smallest absolute Gasteiger partial charge is 0.227 e. The molecular formula is C25H39N5O. The van der Waals surface area contributed by atoms with Crippen molar-refractivity contribution in [1.29, 1.82) is 0 Å². The molecule has 31 heavy (non-hydrogen) atoms. The van der Waals surface area contributed by atoms with Crippen LogP contribution in [0.15, 0.2) is 30.3 Å². The van der Waals surface area contributed by atoms with Gasteiger partial charge < -0.3 is 14.5 Å². The van der Waals surface area contributed by atoms with Gasteiger partial charge in [0.05, 0.1) is 12.7 Å². The van der Waals surface area contributed by atoms with Gasteiger partial charge in [0.2, 0.25) is 5.95 Å². The molecule has 0 saturated carbocycles. The number of hydrogen-bond donors (Lipinski definition) is 0. The molecule has 0 bridgehead atoms. The number of nitrogens with zero attached hydrogens (tertiary/aromatic N) is 5. The van der Waals surface area contributed by atoms with Gasteiger partial charge in [0.15, 0.2) is 0 Å². The Balaban J connectivity index is 1.44. The minimum Gasteiger partial charge on any atom is -0.375 e. The molecule has 2 unspecified atom stereocenters. The van der Waals surface area contributed by atoms with Crippen LogP contribution in [-0.2, 0) is 24.1 Å². The monoisotopic (exact) mass is 425 g/mol. The van der Waals surface area contributed by atoms with Crippen molar-refractivity contribution in [3.63, 3.8) is 0 Å². The van der Waals surface area contributed by atoms with E-state index in [1.165, 1.54) is 44.5 Å². The van der Waals surface area contributed by atoms with Crippen LogP contribution in [0.25, 0.3) is 0 Å². The Hall–Kier alpha value is -1.92. The van der Waals surface area contributed by atoms with E-state index in [4.69, 9.17) is 4.74 Å². The highest BCUT2D eigenvalue weighted by Crippen LogP contribution is 2.21. The van der Waals surface area contributed by atoms with Gasteiger partial charge in [0, 0.05) is 32.6 Å². The van der Waals surface area contributed by atoms with E-state index >= 15 is 0 Å². The van der Waals surface area contributed by atoms with Gasteiger partial charge in [-0.1, -0.05) is 43.7 Å². The van der Waals surface area contributed by atoms with Crippen molar-refractivity contribution in [2.24, 2.45) is 5.92 Å². The number of anilines is 1. The first kappa shape index (κ1) is 22.3. The van der Waals surface area contributed by atoms with E-state index in [2.05, 4.69) is 68.7 Å². The molecule has 0 radical (unpaired) electrons. The lowest BCUT2D eigenvalue weighted by molar-refractivity contribution is 0.0523. The maximum atomic E-state index is 5.77. The van der Waals surface area contributed by atoms with Gasteiger partial charge in [0.1, 0.15) is 5.82 Å². The van der Waals surface area contributed by atoms with Crippen LogP contribution < -0.4 is 4.90 Å². The molecular weight excluding hydrogens is 386 g/mol. The largest absolute Gasteiger partial charge is 0.375 e. The molecule has 170 valence electrons. The van der Waals surface area contributed by atoms with Crippen LogP contribution in [-0.4, -0.2) is 65.1 Å². The van der Waals surface area contributed by atoms with Crippen molar-refractivity contribution in [2.75, 3.05) is 44.2 Å². The molecule has 2 fully saturated rings. The van der Waals surface area contributed by atoms with Crippen LogP contribution in [0, 0.1) is 5.92 Å². The number of likely N-dealkylation sites (tertiary alicyclic amines) is 1. The summed E-state index contributed by atoms with van der Waals surface area (Å²) in [5.74, 6) is 2.75. The average Bonchev–Trinajstić information content (AvgIpc) is 3.17. The zero-order valence-electron chi connectivity index (χ0n) is 19.4. The number of benzene rings is 1. The Labute approximate surface area is 187 Å². The van der Waals surface area contributed by atoms with Crippen molar-refractivity contribution in [3.8, 4) is 0 Å². The molecule has 0 aliphatic carbocycles. The number of aromatic nitrogens is 3. The summed E-state index contributed by atoms with van der Waals surface area (Å²) in [6.45, 7) is 11.7. The third-order valence-electron chi connectivity index (χ3n) is 6.55. The van der Waals surface area contributed by atoms with E-state index in [-0.39, 0.29) is 6.10 Å². The number of aryl methyl sites for hydroxylation is 2. The summed E-state index contributed by atoms with van der Waals surface area (Å²) in [7, 11) is 0. The summed E-state index contributed by atoms with van der Waals surface area (Å²) in [4.78, 5) is 5.01. The highest BCUT2D eigenvalue weighted by molar-refractivity contribution is 5.32. The highest BCUT2D eigenvalue weighted by atomic mass is 16.5. The Morgan fingerprint density at radius 2 is 1.81 bits per heavy atom. The molecule has 2 aliphatic rings. The maximum Gasteiger partial charge on any atom is 0.227 e. The second kappa shape index (κ2) is 11.1. The molecule has 1 aromatic carbocycles. The van der Waals surface area contributed by atoms with Gasteiger partial charge in [-0.3, -0.25) is 4.57 Å². The molecule has 2 aliphatic heterocycles. The predicted molar refractivity (Wildman–Crippen MR) is 126 cm³/mol. The fourth-order valence-corrected chi connectivity index (χ4v) is 4.98. The van der Waals surface area contributed by atoms with Crippen molar-refractivity contribution in [3.05, 3.63) is 41.7 Å². The molecule has 4 rings (SSSR count). The van der Waals surface area contributed by atoms with Gasteiger partial charge in [-0.25, -0.2) is 0 Å². The normalized spacial score (nSPS) is 21.4. The topological polar surface area (TPSA) is 46.4 Å².